The average Bonchev–Trinajstić information content (AvgIpc) is 2.95. The van der Waals surface area contributed by atoms with Crippen molar-refractivity contribution >= 4 is 5.97 Å². The van der Waals surface area contributed by atoms with Crippen molar-refractivity contribution in [2.75, 3.05) is 6.61 Å². The van der Waals surface area contributed by atoms with Gasteiger partial charge >= 0.3 is 5.97 Å². The summed E-state index contributed by atoms with van der Waals surface area (Å²) < 4.78 is 17.3. The molecule has 158 valence electrons. The van der Waals surface area contributed by atoms with Gasteiger partial charge in [-0.05, 0) is 31.1 Å². The standard InChI is InChI=1S/C20H30O8/c1-9-10-5-7-20(2)6-3-4-11(13(20)17(10)28-18(9)25)26-19-16(24)15(23)14(22)12(8-21)27-19/h9-10,12,14-17,19,21-24H,3-8H2,1-2H3/t9-,10+,12+,14+,15-,16+,17-,19+,20-/m0/s1. The second-order valence-corrected chi connectivity index (χ2v) is 8.91. The van der Waals surface area contributed by atoms with Crippen LogP contribution in [0.4, 0.5) is 0 Å². The molecule has 28 heavy (non-hydrogen) atoms. The van der Waals surface area contributed by atoms with E-state index < -0.39 is 37.3 Å². The van der Waals surface area contributed by atoms with Gasteiger partial charge in [0.2, 0.25) is 6.29 Å². The highest BCUT2D eigenvalue weighted by Crippen LogP contribution is 2.55. The van der Waals surface area contributed by atoms with Crippen molar-refractivity contribution in [3.8, 4) is 0 Å². The van der Waals surface area contributed by atoms with E-state index in [0.717, 1.165) is 31.3 Å². The summed E-state index contributed by atoms with van der Waals surface area (Å²) >= 11 is 0. The number of carbonyl (C=O) groups is 1. The molecule has 8 heteroatoms. The molecule has 2 heterocycles. The average molecular weight is 398 g/mol. The first-order valence-corrected chi connectivity index (χ1v) is 10.2. The summed E-state index contributed by atoms with van der Waals surface area (Å²) in [5, 5.41) is 39.7. The van der Waals surface area contributed by atoms with Crippen molar-refractivity contribution < 1.29 is 39.4 Å². The Bertz CT molecular complexity index is 661. The van der Waals surface area contributed by atoms with Crippen LogP contribution in [-0.2, 0) is 19.0 Å². The first-order valence-electron chi connectivity index (χ1n) is 10.2. The molecule has 0 amide bonds. The van der Waals surface area contributed by atoms with Gasteiger partial charge in [-0.1, -0.05) is 13.8 Å². The van der Waals surface area contributed by atoms with E-state index in [1.165, 1.54) is 0 Å². The van der Waals surface area contributed by atoms with Gasteiger partial charge in [0.05, 0.1) is 12.5 Å². The summed E-state index contributed by atoms with van der Waals surface area (Å²) in [6.45, 7) is 3.55. The van der Waals surface area contributed by atoms with E-state index in [1.54, 1.807) is 0 Å². The zero-order valence-corrected chi connectivity index (χ0v) is 16.3. The van der Waals surface area contributed by atoms with E-state index in [0.29, 0.717) is 12.2 Å². The summed E-state index contributed by atoms with van der Waals surface area (Å²) in [4.78, 5) is 12.2. The lowest BCUT2D eigenvalue weighted by molar-refractivity contribution is -0.292. The van der Waals surface area contributed by atoms with Crippen LogP contribution in [-0.4, -0.2) is 69.8 Å². The minimum Gasteiger partial charge on any atom is -0.466 e. The Kier molecular flexibility index (Phi) is 5.20. The van der Waals surface area contributed by atoms with E-state index >= 15 is 0 Å². The Morgan fingerprint density at radius 2 is 1.93 bits per heavy atom. The van der Waals surface area contributed by atoms with Gasteiger partial charge in [0.25, 0.3) is 0 Å². The minimum atomic E-state index is -1.49. The fourth-order valence-corrected chi connectivity index (χ4v) is 5.35. The van der Waals surface area contributed by atoms with Crippen LogP contribution in [0.2, 0.25) is 0 Å². The molecular weight excluding hydrogens is 368 g/mol. The summed E-state index contributed by atoms with van der Waals surface area (Å²) in [5.74, 6) is 0.402. The van der Waals surface area contributed by atoms with Crippen molar-refractivity contribution in [3.63, 3.8) is 0 Å². The highest BCUT2D eigenvalue weighted by atomic mass is 16.7. The van der Waals surface area contributed by atoms with Gasteiger partial charge in [0.1, 0.15) is 36.3 Å². The molecule has 0 unspecified atom stereocenters. The lowest BCUT2D eigenvalue weighted by Gasteiger charge is -2.47. The molecule has 0 radical (unpaired) electrons. The zero-order chi connectivity index (χ0) is 20.2. The number of aliphatic hydroxyl groups excluding tert-OH is 4. The number of carbonyl (C=O) groups excluding carboxylic acids is 1. The molecule has 3 fully saturated rings. The molecule has 0 spiro atoms. The van der Waals surface area contributed by atoms with Gasteiger partial charge in [-0.25, -0.2) is 0 Å². The number of hydrogen-bond donors (Lipinski definition) is 4. The van der Waals surface area contributed by atoms with Crippen LogP contribution in [0, 0.1) is 17.3 Å². The quantitative estimate of drug-likeness (QED) is 0.498. The van der Waals surface area contributed by atoms with Gasteiger partial charge in [0.15, 0.2) is 0 Å². The fraction of sp³-hybridized carbons (Fsp3) is 0.850. The summed E-state index contributed by atoms with van der Waals surface area (Å²) in [6, 6.07) is 0. The Labute approximate surface area is 164 Å². The number of fused-ring (bicyclic) bond motifs is 3. The Morgan fingerprint density at radius 1 is 1.18 bits per heavy atom. The third-order valence-corrected chi connectivity index (χ3v) is 7.15. The van der Waals surface area contributed by atoms with Crippen molar-refractivity contribution in [1.29, 1.82) is 0 Å². The second-order valence-electron chi connectivity index (χ2n) is 8.91. The number of ether oxygens (including phenoxy) is 3. The van der Waals surface area contributed by atoms with Crippen LogP contribution in [0.15, 0.2) is 11.3 Å². The topological polar surface area (TPSA) is 126 Å². The van der Waals surface area contributed by atoms with Crippen molar-refractivity contribution in [1.82, 2.24) is 0 Å². The van der Waals surface area contributed by atoms with E-state index in [9.17, 15) is 25.2 Å². The largest absolute Gasteiger partial charge is 0.466 e. The third-order valence-electron chi connectivity index (χ3n) is 7.15. The van der Waals surface area contributed by atoms with E-state index in [4.69, 9.17) is 14.2 Å². The first-order chi connectivity index (χ1) is 13.3. The number of rotatable bonds is 3. The molecular formula is C20H30O8. The minimum absolute atomic E-state index is 0.113. The molecule has 2 saturated heterocycles. The third kappa shape index (κ3) is 3.06. The SMILES string of the molecule is C[C@@H]1C(=O)O[C@@H]2C3=C(O[C@@H]4O[C@H](CO)[C@@H](O)[C@H](O)[C@H]4O)CCC[C@@]3(C)CC[C@H]12. The van der Waals surface area contributed by atoms with Gasteiger partial charge < -0.3 is 34.6 Å². The fourth-order valence-electron chi connectivity index (χ4n) is 5.35. The van der Waals surface area contributed by atoms with Gasteiger partial charge in [0, 0.05) is 17.9 Å². The number of allylic oxidation sites excluding steroid dienone is 1. The van der Waals surface area contributed by atoms with Crippen LogP contribution >= 0.6 is 0 Å². The van der Waals surface area contributed by atoms with E-state index in [1.807, 2.05) is 6.92 Å². The van der Waals surface area contributed by atoms with Crippen LogP contribution < -0.4 is 0 Å². The molecule has 9 atom stereocenters. The van der Waals surface area contributed by atoms with Crippen LogP contribution in [0.3, 0.4) is 0 Å². The molecule has 0 bridgehead atoms. The summed E-state index contributed by atoms with van der Waals surface area (Å²) in [7, 11) is 0. The molecule has 4 rings (SSSR count). The highest BCUT2D eigenvalue weighted by molar-refractivity contribution is 5.75. The second kappa shape index (κ2) is 7.25. The number of hydrogen-bond acceptors (Lipinski definition) is 8. The maximum atomic E-state index is 12.2. The lowest BCUT2D eigenvalue weighted by Crippen LogP contribution is -2.59. The molecule has 1 saturated carbocycles. The van der Waals surface area contributed by atoms with Crippen molar-refractivity contribution in [2.45, 2.75) is 82.8 Å². The van der Waals surface area contributed by atoms with Gasteiger partial charge in [-0.15, -0.1) is 0 Å². The Hall–Kier alpha value is -1.19. The van der Waals surface area contributed by atoms with Crippen LogP contribution in [0.5, 0.6) is 0 Å². The normalized spacial score (nSPS) is 48.7. The Balaban J connectivity index is 1.65. The summed E-state index contributed by atoms with van der Waals surface area (Å²) in [6.07, 6.45) is -2.59. The monoisotopic (exact) mass is 398 g/mol. The first kappa shape index (κ1) is 20.1. The maximum Gasteiger partial charge on any atom is 0.309 e. The molecule has 4 aliphatic rings. The molecule has 2 aliphatic heterocycles. The van der Waals surface area contributed by atoms with Crippen LogP contribution in [0.25, 0.3) is 0 Å². The lowest BCUT2D eigenvalue weighted by atomic mass is 9.60. The Morgan fingerprint density at radius 3 is 2.64 bits per heavy atom. The number of aliphatic hydroxyl groups is 4. The molecule has 0 aromatic rings. The van der Waals surface area contributed by atoms with Gasteiger partial charge in [-0.3, -0.25) is 4.79 Å². The van der Waals surface area contributed by atoms with E-state index in [2.05, 4.69) is 6.92 Å². The molecule has 0 aromatic heterocycles. The smallest absolute Gasteiger partial charge is 0.309 e. The summed E-state index contributed by atoms with van der Waals surface area (Å²) in [5.41, 5.74) is 0.817. The molecule has 0 aromatic carbocycles. The van der Waals surface area contributed by atoms with Crippen molar-refractivity contribution in [3.05, 3.63) is 11.3 Å². The van der Waals surface area contributed by atoms with E-state index in [-0.39, 0.29) is 29.3 Å². The molecule has 2 aliphatic carbocycles. The van der Waals surface area contributed by atoms with Crippen LogP contribution in [0.1, 0.15) is 46.0 Å². The highest BCUT2D eigenvalue weighted by Gasteiger charge is 2.54. The maximum absolute atomic E-state index is 12.2. The molecule has 8 nitrogen and oxygen atoms in total. The predicted octanol–water partition coefficient (Wildman–Crippen LogP) is 0.219. The predicted molar refractivity (Wildman–Crippen MR) is 95.6 cm³/mol. The number of esters is 1. The van der Waals surface area contributed by atoms with Crippen molar-refractivity contribution in [2.24, 2.45) is 17.3 Å². The molecule has 4 N–H and O–H groups in total. The zero-order valence-electron chi connectivity index (χ0n) is 16.3. The van der Waals surface area contributed by atoms with Gasteiger partial charge in [-0.2, -0.15) is 0 Å².